The molecule has 0 fully saturated rings. The quantitative estimate of drug-likeness (QED) is 0.795. The van der Waals surface area contributed by atoms with E-state index in [4.69, 9.17) is 0 Å². The van der Waals surface area contributed by atoms with Crippen LogP contribution >= 0.6 is 11.3 Å². The Morgan fingerprint density at radius 2 is 2.53 bits per heavy atom. The second-order valence-electron chi connectivity index (χ2n) is 4.07. The van der Waals surface area contributed by atoms with E-state index in [2.05, 4.69) is 45.2 Å². The number of aromatic nitrogens is 2. The van der Waals surface area contributed by atoms with Gasteiger partial charge < -0.3 is 9.88 Å². The molecule has 0 saturated heterocycles. The standard InChI is InChI=1S/C13H17N3S/c1-3-6-16-7-5-14-13(16)15-11(2)9-12-4-8-17-10-12/h3-5,7-8,10-11H,1,6,9H2,2H3,(H,14,15). The van der Waals surface area contributed by atoms with E-state index in [-0.39, 0.29) is 0 Å². The maximum Gasteiger partial charge on any atom is 0.203 e. The van der Waals surface area contributed by atoms with Crippen molar-refractivity contribution in [2.75, 3.05) is 5.32 Å². The number of hydrogen-bond donors (Lipinski definition) is 1. The smallest absolute Gasteiger partial charge is 0.203 e. The molecule has 90 valence electrons. The maximum atomic E-state index is 4.31. The van der Waals surface area contributed by atoms with Gasteiger partial charge in [-0.3, -0.25) is 0 Å². The molecule has 0 aliphatic carbocycles. The molecule has 3 nitrogen and oxygen atoms in total. The normalized spacial score (nSPS) is 12.3. The zero-order chi connectivity index (χ0) is 12.1. The van der Waals surface area contributed by atoms with Crippen molar-refractivity contribution in [3.8, 4) is 0 Å². The van der Waals surface area contributed by atoms with Gasteiger partial charge in [0.1, 0.15) is 0 Å². The van der Waals surface area contributed by atoms with Crippen molar-refractivity contribution < 1.29 is 0 Å². The van der Waals surface area contributed by atoms with Crippen LogP contribution in [-0.2, 0) is 13.0 Å². The fourth-order valence-corrected chi connectivity index (χ4v) is 2.45. The van der Waals surface area contributed by atoms with Gasteiger partial charge in [-0.25, -0.2) is 4.98 Å². The first-order valence-corrected chi connectivity index (χ1v) is 6.63. The van der Waals surface area contributed by atoms with E-state index in [0.717, 1.165) is 18.9 Å². The maximum absolute atomic E-state index is 4.31. The van der Waals surface area contributed by atoms with Crippen molar-refractivity contribution in [2.45, 2.75) is 25.9 Å². The minimum Gasteiger partial charge on any atom is -0.353 e. The summed E-state index contributed by atoms with van der Waals surface area (Å²) in [6.45, 7) is 6.70. The lowest BCUT2D eigenvalue weighted by atomic mass is 10.1. The molecule has 1 unspecified atom stereocenters. The van der Waals surface area contributed by atoms with Crippen molar-refractivity contribution >= 4 is 17.3 Å². The molecule has 2 aromatic heterocycles. The molecule has 1 atom stereocenters. The topological polar surface area (TPSA) is 29.9 Å². The lowest BCUT2D eigenvalue weighted by Gasteiger charge is -2.14. The zero-order valence-electron chi connectivity index (χ0n) is 9.97. The van der Waals surface area contributed by atoms with Crippen LogP contribution in [0.5, 0.6) is 0 Å². The summed E-state index contributed by atoms with van der Waals surface area (Å²) in [4.78, 5) is 4.31. The Morgan fingerprint density at radius 3 is 3.24 bits per heavy atom. The summed E-state index contributed by atoms with van der Waals surface area (Å²) in [5.74, 6) is 0.910. The number of rotatable bonds is 6. The van der Waals surface area contributed by atoms with Crippen LogP contribution < -0.4 is 5.32 Å². The van der Waals surface area contributed by atoms with E-state index in [1.807, 2.05) is 18.5 Å². The van der Waals surface area contributed by atoms with Gasteiger partial charge in [-0.05, 0) is 35.7 Å². The van der Waals surface area contributed by atoms with Crippen LogP contribution in [0.2, 0.25) is 0 Å². The van der Waals surface area contributed by atoms with E-state index in [1.165, 1.54) is 5.56 Å². The van der Waals surface area contributed by atoms with E-state index in [1.54, 1.807) is 11.3 Å². The molecule has 4 heteroatoms. The summed E-state index contributed by atoms with van der Waals surface area (Å²) in [7, 11) is 0. The Labute approximate surface area is 106 Å². The molecule has 2 heterocycles. The van der Waals surface area contributed by atoms with Crippen LogP contribution in [0.25, 0.3) is 0 Å². The van der Waals surface area contributed by atoms with Gasteiger partial charge in [0.2, 0.25) is 5.95 Å². The molecule has 0 radical (unpaired) electrons. The summed E-state index contributed by atoms with van der Waals surface area (Å²) >= 11 is 1.74. The van der Waals surface area contributed by atoms with E-state index >= 15 is 0 Å². The summed E-state index contributed by atoms with van der Waals surface area (Å²) < 4.78 is 2.05. The van der Waals surface area contributed by atoms with E-state index in [9.17, 15) is 0 Å². The second-order valence-corrected chi connectivity index (χ2v) is 4.85. The minimum atomic E-state index is 0.371. The Kier molecular flexibility index (Phi) is 3.98. The van der Waals surface area contributed by atoms with Crippen LogP contribution in [0.15, 0.2) is 41.9 Å². The van der Waals surface area contributed by atoms with Gasteiger partial charge in [-0.15, -0.1) is 6.58 Å². The first kappa shape index (κ1) is 11.9. The van der Waals surface area contributed by atoms with Crippen molar-refractivity contribution in [1.29, 1.82) is 0 Å². The molecule has 0 aliphatic rings. The highest BCUT2D eigenvalue weighted by Crippen LogP contribution is 2.12. The SMILES string of the molecule is C=CCn1ccnc1NC(C)Cc1ccsc1. The van der Waals surface area contributed by atoms with Crippen LogP contribution in [0.3, 0.4) is 0 Å². The molecular weight excluding hydrogens is 230 g/mol. The highest BCUT2D eigenvalue weighted by Gasteiger charge is 2.07. The van der Waals surface area contributed by atoms with Gasteiger partial charge >= 0.3 is 0 Å². The number of nitrogens with one attached hydrogen (secondary N) is 1. The van der Waals surface area contributed by atoms with Gasteiger partial charge in [0, 0.05) is 25.0 Å². The molecule has 2 aromatic rings. The predicted octanol–water partition coefficient (Wildman–Crippen LogP) is 3.17. The number of thiophene rings is 1. The van der Waals surface area contributed by atoms with Crippen molar-refractivity contribution in [3.63, 3.8) is 0 Å². The molecule has 2 rings (SSSR count). The zero-order valence-corrected chi connectivity index (χ0v) is 10.8. The number of hydrogen-bond acceptors (Lipinski definition) is 3. The van der Waals surface area contributed by atoms with Crippen molar-refractivity contribution in [3.05, 3.63) is 47.4 Å². The van der Waals surface area contributed by atoms with Crippen LogP contribution in [0.4, 0.5) is 5.95 Å². The molecular formula is C13H17N3S. The fourth-order valence-electron chi connectivity index (χ4n) is 1.77. The first-order valence-electron chi connectivity index (χ1n) is 5.69. The Balaban J connectivity index is 1.95. The summed E-state index contributed by atoms with van der Waals surface area (Å²) in [5.41, 5.74) is 1.37. The van der Waals surface area contributed by atoms with Gasteiger partial charge in [0.05, 0.1) is 0 Å². The van der Waals surface area contributed by atoms with Gasteiger partial charge in [0.25, 0.3) is 0 Å². The first-order chi connectivity index (χ1) is 8.29. The third-order valence-corrected chi connectivity index (χ3v) is 3.27. The number of imidazole rings is 1. The third-order valence-electron chi connectivity index (χ3n) is 2.54. The molecule has 0 bridgehead atoms. The molecule has 1 N–H and O–H groups in total. The van der Waals surface area contributed by atoms with Crippen molar-refractivity contribution in [1.82, 2.24) is 9.55 Å². The van der Waals surface area contributed by atoms with Crippen LogP contribution in [-0.4, -0.2) is 15.6 Å². The molecule has 0 spiro atoms. The highest BCUT2D eigenvalue weighted by atomic mass is 32.1. The molecule has 0 aliphatic heterocycles. The van der Waals surface area contributed by atoms with Crippen molar-refractivity contribution in [2.24, 2.45) is 0 Å². The lowest BCUT2D eigenvalue weighted by molar-refractivity contribution is 0.746. The fraction of sp³-hybridized carbons (Fsp3) is 0.308. The van der Waals surface area contributed by atoms with E-state index < -0.39 is 0 Å². The average Bonchev–Trinajstić information content (AvgIpc) is 2.92. The Hall–Kier alpha value is -1.55. The van der Waals surface area contributed by atoms with E-state index in [0.29, 0.717) is 6.04 Å². The number of anilines is 1. The lowest BCUT2D eigenvalue weighted by Crippen LogP contribution is -2.20. The second kappa shape index (κ2) is 5.68. The summed E-state index contributed by atoms with van der Waals surface area (Å²) in [5, 5.41) is 7.72. The predicted molar refractivity (Wildman–Crippen MR) is 73.5 cm³/mol. The van der Waals surface area contributed by atoms with Gasteiger partial charge in [0.15, 0.2) is 0 Å². The molecule has 17 heavy (non-hydrogen) atoms. The Morgan fingerprint density at radius 1 is 1.65 bits per heavy atom. The molecule has 0 saturated carbocycles. The van der Waals surface area contributed by atoms with Gasteiger partial charge in [-0.2, -0.15) is 11.3 Å². The average molecular weight is 247 g/mol. The van der Waals surface area contributed by atoms with Crippen LogP contribution in [0, 0.1) is 0 Å². The molecule has 0 aromatic carbocycles. The third kappa shape index (κ3) is 3.20. The monoisotopic (exact) mass is 247 g/mol. The highest BCUT2D eigenvalue weighted by molar-refractivity contribution is 7.07. The summed E-state index contributed by atoms with van der Waals surface area (Å²) in [6.07, 6.45) is 6.66. The minimum absolute atomic E-state index is 0.371. The number of allylic oxidation sites excluding steroid dienone is 1. The Bertz CT molecular complexity index is 459. The van der Waals surface area contributed by atoms with Gasteiger partial charge in [-0.1, -0.05) is 6.08 Å². The largest absolute Gasteiger partial charge is 0.353 e. The number of nitrogens with zero attached hydrogens (tertiary/aromatic N) is 2. The molecule has 0 amide bonds. The summed E-state index contributed by atoms with van der Waals surface area (Å²) in [6, 6.07) is 2.54. The van der Waals surface area contributed by atoms with Crippen LogP contribution in [0.1, 0.15) is 12.5 Å².